The van der Waals surface area contributed by atoms with Gasteiger partial charge in [0, 0.05) is 55.7 Å². The molecule has 0 radical (unpaired) electrons. The van der Waals surface area contributed by atoms with Gasteiger partial charge in [-0.2, -0.15) is 0 Å². The van der Waals surface area contributed by atoms with Crippen LogP contribution in [0, 0.1) is 6.92 Å². The number of hydrogen-bond donors (Lipinski definition) is 0. The second-order valence-corrected chi connectivity index (χ2v) is 9.26. The van der Waals surface area contributed by atoms with Crippen molar-refractivity contribution in [2.24, 2.45) is 0 Å². The number of benzene rings is 1. The van der Waals surface area contributed by atoms with E-state index in [4.69, 9.17) is 4.98 Å². The average molecular weight is 436 g/mol. The lowest BCUT2D eigenvalue weighted by atomic mass is 10.2. The van der Waals surface area contributed by atoms with Crippen molar-refractivity contribution >= 4 is 23.1 Å². The molecule has 1 amide bonds. The van der Waals surface area contributed by atoms with Gasteiger partial charge in [0.25, 0.3) is 0 Å². The minimum Gasteiger partial charge on any atom is -0.353 e. The lowest BCUT2D eigenvalue weighted by Gasteiger charge is -2.35. The summed E-state index contributed by atoms with van der Waals surface area (Å²) in [5, 5.41) is 3.07. The molecule has 0 N–H and O–H groups in total. The van der Waals surface area contributed by atoms with Gasteiger partial charge < -0.3 is 9.80 Å². The zero-order valence-electron chi connectivity index (χ0n) is 18.4. The van der Waals surface area contributed by atoms with E-state index in [1.54, 1.807) is 11.3 Å². The van der Waals surface area contributed by atoms with Crippen molar-refractivity contribution in [3.8, 4) is 0 Å². The van der Waals surface area contributed by atoms with Gasteiger partial charge in [-0.3, -0.25) is 4.79 Å². The number of rotatable bonds is 6. The monoisotopic (exact) mass is 435 g/mol. The predicted molar refractivity (Wildman–Crippen MR) is 125 cm³/mol. The Hall–Kier alpha value is -2.80. The smallest absolute Gasteiger partial charge is 0.228 e. The summed E-state index contributed by atoms with van der Waals surface area (Å²) in [5.41, 5.74) is 3.10. The first-order valence-electron chi connectivity index (χ1n) is 10.8. The van der Waals surface area contributed by atoms with Crippen molar-refractivity contribution in [3.63, 3.8) is 0 Å². The van der Waals surface area contributed by atoms with Crippen LogP contribution in [0.2, 0.25) is 0 Å². The van der Waals surface area contributed by atoms with Crippen molar-refractivity contribution in [2.45, 2.75) is 39.5 Å². The van der Waals surface area contributed by atoms with Crippen LogP contribution in [-0.2, 0) is 17.6 Å². The van der Waals surface area contributed by atoms with E-state index < -0.39 is 0 Å². The molecule has 0 spiro atoms. The van der Waals surface area contributed by atoms with E-state index in [1.807, 2.05) is 41.5 Å². The molecule has 1 aliphatic heterocycles. The summed E-state index contributed by atoms with van der Waals surface area (Å²) in [4.78, 5) is 31.0. The van der Waals surface area contributed by atoms with Gasteiger partial charge in [0.2, 0.25) is 5.91 Å². The predicted octanol–water partition coefficient (Wildman–Crippen LogP) is 3.85. The fourth-order valence-corrected chi connectivity index (χ4v) is 4.56. The number of thiazole rings is 1. The van der Waals surface area contributed by atoms with E-state index >= 15 is 0 Å². The molecule has 6 nitrogen and oxygen atoms in total. The maximum absolute atomic E-state index is 12.8. The normalized spacial score (nSPS) is 14.3. The van der Waals surface area contributed by atoms with E-state index in [1.165, 1.54) is 5.56 Å². The first-order valence-corrected chi connectivity index (χ1v) is 11.7. The van der Waals surface area contributed by atoms with E-state index in [0.717, 1.165) is 47.5 Å². The number of carbonyl (C=O) groups is 1. The van der Waals surface area contributed by atoms with Gasteiger partial charge >= 0.3 is 0 Å². The van der Waals surface area contributed by atoms with Gasteiger partial charge in [-0.25, -0.2) is 15.0 Å². The zero-order chi connectivity index (χ0) is 21.8. The number of carbonyl (C=O) groups excluding carboxylic acids is 1. The number of aryl methyl sites for hydroxylation is 1. The molecule has 31 heavy (non-hydrogen) atoms. The summed E-state index contributed by atoms with van der Waals surface area (Å²) in [6, 6.07) is 12.3. The molecule has 7 heteroatoms. The number of nitrogens with zero attached hydrogens (tertiary/aromatic N) is 5. The Morgan fingerprint density at radius 1 is 1.06 bits per heavy atom. The highest BCUT2D eigenvalue weighted by atomic mass is 32.1. The third-order valence-corrected chi connectivity index (χ3v) is 6.36. The average Bonchev–Trinajstić information content (AvgIpc) is 3.20. The quantitative estimate of drug-likeness (QED) is 0.589. The SMILES string of the molecule is Cc1cc(N2CCN(C(=O)Cc3csc(Cc4ccccc4)n3)CC2)nc(C(C)C)n1. The highest BCUT2D eigenvalue weighted by Gasteiger charge is 2.23. The van der Waals surface area contributed by atoms with Gasteiger partial charge in [-0.1, -0.05) is 44.2 Å². The second-order valence-electron chi connectivity index (χ2n) is 8.32. The van der Waals surface area contributed by atoms with E-state index in [9.17, 15) is 4.79 Å². The fourth-order valence-electron chi connectivity index (χ4n) is 3.73. The molecule has 1 fully saturated rings. The molecule has 3 heterocycles. The maximum atomic E-state index is 12.8. The van der Waals surface area contributed by atoms with Crippen LogP contribution in [0.4, 0.5) is 5.82 Å². The molecule has 0 aliphatic carbocycles. The summed E-state index contributed by atoms with van der Waals surface area (Å²) in [7, 11) is 0. The zero-order valence-corrected chi connectivity index (χ0v) is 19.2. The van der Waals surface area contributed by atoms with Crippen molar-refractivity contribution in [1.29, 1.82) is 0 Å². The third kappa shape index (κ3) is 5.47. The van der Waals surface area contributed by atoms with E-state index in [0.29, 0.717) is 25.4 Å². The van der Waals surface area contributed by atoms with Gasteiger partial charge in [0.15, 0.2) is 0 Å². The standard InChI is InChI=1S/C24H29N5OS/c1-17(2)24-25-18(3)13-21(27-24)28-9-11-29(12-10-28)23(30)15-20-16-31-22(26-20)14-19-7-5-4-6-8-19/h4-8,13,16-17H,9-12,14-15H2,1-3H3. The first-order chi connectivity index (χ1) is 15.0. The molecule has 1 aromatic carbocycles. The fraction of sp³-hybridized carbons (Fsp3) is 0.417. The van der Waals surface area contributed by atoms with Crippen molar-refractivity contribution in [1.82, 2.24) is 19.9 Å². The molecule has 0 unspecified atom stereocenters. The molecule has 0 saturated carbocycles. The molecule has 3 aromatic rings. The summed E-state index contributed by atoms with van der Waals surface area (Å²) < 4.78 is 0. The summed E-state index contributed by atoms with van der Waals surface area (Å²) in [5.74, 6) is 2.29. The van der Waals surface area contributed by atoms with Gasteiger partial charge in [0.1, 0.15) is 11.6 Å². The highest BCUT2D eigenvalue weighted by molar-refractivity contribution is 7.09. The number of aromatic nitrogens is 3. The Morgan fingerprint density at radius 3 is 2.52 bits per heavy atom. The van der Waals surface area contributed by atoms with Crippen molar-refractivity contribution in [2.75, 3.05) is 31.1 Å². The molecular weight excluding hydrogens is 406 g/mol. The summed E-state index contributed by atoms with van der Waals surface area (Å²) in [6.07, 6.45) is 1.19. The molecule has 0 atom stereocenters. The van der Waals surface area contributed by atoms with Crippen LogP contribution in [0.3, 0.4) is 0 Å². The molecule has 0 bridgehead atoms. The van der Waals surface area contributed by atoms with Crippen LogP contribution in [0.15, 0.2) is 41.8 Å². The summed E-state index contributed by atoms with van der Waals surface area (Å²) >= 11 is 1.63. The molecular formula is C24H29N5OS. The minimum atomic E-state index is 0.151. The maximum Gasteiger partial charge on any atom is 0.228 e. The Labute approximate surface area is 188 Å². The van der Waals surface area contributed by atoms with Crippen LogP contribution < -0.4 is 4.90 Å². The van der Waals surface area contributed by atoms with Crippen LogP contribution in [0.5, 0.6) is 0 Å². The number of piperazine rings is 1. The minimum absolute atomic E-state index is 0.151. The molecule has 1 aliphatic rings. The Kier molecular flexibility index (Phi) is 6.61. The molecule has 4 rings (SSSR count). The van der Waals surface area contributed by atoms with Crippen LogP contribution >= 0.6 is 11.3 Å². The lowest BCUT2D eigenvalue weighted by Crippen LogP contribution is -2.49. The first kappa shape index (κ1) is 21.4. The van der Waals surface area contributed by atoms with Gasteiger partial charge in [-0.15, -0.1) is 11.3 Å². The van der Waals surface area contributed by atoms with Gasteiger partial charge in [0.05, 0.1) is 17.1 Å². The Morgan fingerprint density at radius 2 is 1.81 bits per heavy atom. The number of amides is 1. The van der Waals surface area contributed by atoms with Crippen molar-refractivity contribution in [3.05, 3.63) is 69.6 Å². The third-order valence-electron chi connectivity index (χ3n) is 5.46. The molecule has 1 saturated heterocycles. The largest absolute Gasteiger partial charge is 0.353 e. The lowest BCUT2D eigenvalue weighted by molar-refractivity contribution is -0.130. The van der Waals surface area contributed by atoms with E-state index in [-0.39, 0.29) is 5.91 Å². The number of anilines is 1. The summed E-state index contributed by atoms with van der Waals surface area (Å²) in [6.45, 7) is 9.22. The number of hydrogen-bond acceptors (Lipinski definition) is 6. The topological polar surface area (TPSA) is 62.2 Å². The van der Waals surface area contributed by atoms with Crippen LogP contribution in [0.1, 0.15) is 47.5 Å². The second kappa shape index (κ2) is 9.56. The Balaban J connectivity index is 1.32. The van der Waals surface area contributed by atoms with Crippen molar-refractivity contribution < 1.29 is 4.79 Å². The Bertz CT molecular complexity index is 1030. The highest BCUT2D eigenvalue weighted by Crippen LogP contribution is 2.20. The van der Waals surface area contributed by atoms with Gasteiger partial charge in [-0.05, 0) is 12.5 Å². The van der Waals surface area contributed by atoms with Crippen LogP contribution in [0.25, 0.3) is 0 Å². The molecule has 2 aromatic heterocycles. The van der Waals surface area contributed by atoms with Crippen LogP contribution in [-0.4, -0.2) is 51.9 Å². The molecule has 162 valence electrons. The van der Waals surface area contributed by atoms with E-state index in [2.05, 4.69) is 40.8 Å².